The predicted octanol–water partition coefficient (Wildman–Crippen LogP) is 0.337. The highest BCUT2D eigenvalue weighted by Gasteiger charge is 2.25. The predicted molar refractivity (Wildman–Crippen MR) is 82.6 cm³/mol. The zero-order valence-corrected chi connectivity index (χ0v) is 14.0. The summed E-state index contributed by atoms with van der Waals surface area (Å²) < 4.78 is 25.2. The van der Waals surface area contributed by atoms with Gasteiger partial charge < -0.3 is 10.6 Å². The molecule has 2 atom stereocenters. The van der Waals surface area contributed by atoms with E-state index in [1.165, 1.54) is 4.31 Å². The third kappa shape index (κ3) is 5.95. The molecule has 0 aromatic carbocycles. The first kappa shape index (κ1) is 19.6. The quantitative estimate of drug-likeness (QED) is 0.737. The van der Waals surface area contributed by atoms with Crippen molar-refractivity contribution in [3.05, 3.63) is 0 Å². The monoisotopic (exact) mass is 327 g/mol. The number of hydrogen-bond acceptors (Lipinski definition) is 4. The fourth-order valence-corrected chi connectivity index (χ4v) is 3.79. The maximum Gasteiger partial charge on any atom is 0.236 e. The fraction of sp³-hybridized carbons (Fsp3) is 0.917. The van der Waals surface area contributed by atoms with Gasteiger partial charge >= 0.3 is 0 Å². The second-order valence-corrected chi connectivity index (χ2v) is 6.95. The Labute approximate surface area is 128 Å². The Hall–Kier alpha value is -0.370. The average Bonchev–Trinajstić information content (AvgIpc) is 2.28. The van der Waals surface area contributed by atoms with Gasteiger partial charge in [0.2, 0.25) is 15.9 Å². The molecular weight excluding hydrogens is 302 g/mol. The van der Waals surface area contributed by atoms with Crippen molar-refractivity contribution in [1.82, 2.24) is 14.9 Å². The van der Waals surface area contributed by atoms with E-state index in [1.54, 1.807) is 13.8 Å². The second-order valence-electron chi connectivity index (χ2n) is 4.98. The molecule has 0 saturated carbocycles. The molecule has 0 spiro atoms. The summed E-state index contributed by atoms with van der Waals surface area (Å²) in [5.41, 5.74) is 0. The van der Waals surface area contributed by atoms with Crippen LogP contribution in [0.2, 0.25) is 0 Å². The molecule has 20 heavy (non-hydrogen) atoms. The molecule has 1 aliphatic rings. The molecule has 0 radical (unpaired) electrons. The summed E-state index contributed by atoms with van der Waals surface area (Å²) in [6.45, 7) is 7.26. The van der Waals surface area contributed by atoms with E-state index in [9.17, 15) is 13.2 Å². The SMILES string of the molecule is CCN(CC)S(=O)(=O)CC(=O)NC1CCNC(C)C1.Cl. The smallest absolute Gasteiger partial charge is 0.236 e. The maximum atomic E-state index is 12.0. The van der Waals surface area contributed by atoms with Crippen molar-refractivity contribution in [2.45, 2.75) is 45.7 Å². The zero-order valence-electron chi connectivity index (χ0n) is 12.4. The van der Waals surface area contributed by atoms with Crippen molar-refractivity contribution in [2.75, 3.05) is 25.4 Å². The molecule has 1 aliphatic heterocycles. The number of halogens is 1. The molecule has 0 aromatic rings. The number of hydrogen-bond donors (Lipinski definition) is 2. The van der Waals surface area contributed by atoms with Crippen LogP contribution in [0.3, 0.4) is 0 Å². The van der Waals surface area contributed by atoms with E-state index in [0.29, 0.717) is 19.1 Å². The van der Waals surface area contributed by atoms with Gasteiger partial charge in [-0.1, -0.05) is 13.8 Å². The number of amides is 1. The summed E-state index contributed by atoms with van der Waals surface area (Å²) in [5.74, 6) is -0.849. The van der Waals surface area contributed by atoms with Crippen LogP contribution in [0, 0.1) is 0 Å². The van der Waals surface area contributed by atoms with Crippen LogP contribution in [0.4, 0.5) is 0 Å². The molecular formula is C12H26ClN3O3S. The first-order chi connectivity index (χ1) is 8.89. The van der Waals surface area contributed by atoms with Gasteiger partial charge in [0.1, 0.15) is 5.75 Å². The summed E-state index contributed by atoms with van der Waals surface area (Å²) in [6.07, 6.45) is 1.69. The van der Waals surface area contributed by atoms with Crippen LogP contribution in [0.1, 0.15) is 33.6 Å². The third-order valence-corrected chi connectivity index (χ3v) is 5.33. The largest absolute Gasteiger partial charge is 0.352 e. The lowest BCUT2D eigenvalue weighted by atomic mass is 10.0. The number of carbonyl (C=O) groups excluding carboxylic acids is 1. The Balaban J connectivity index is 0.00000361. The van der Waals surface area contributed by atoms with E-state index in [4.69, 9.17) is 0 Å². The molecule has 120 valence electrons. The molecule has 8 heteroatoms. The fourth-order valence-electron chi connectivity index (χ4n) is 2.41. The van der Waals surface area contributed by atoms with Crippen molar-refractivity contribution in [2.24, 2.45) is 0 Å². The van der Waals surface area contributed by atoms with Gasteiger partial charge in [-0.3, -0.25) is 4.79 Å². The zero-order chi connectivity index (χ0) is 14.5. The van der Waals surface area contributed by atoms with Crippen LogP contribution in [0.25, 0.3) is 0 Å². The van der Waals surface area contributed by atoms with E-state index in [2.05, 4.69) is 17.6 Å². The molecule has 6 nitrogen and oxygen atoms in total. The van der Waals surface area contributed by atoms with Crippen LogP contribution >= 0.6 is 12.4 Å². The number of sulfonamides is 1. The Kier molecular flexibility index (Phi) is 8.65. The Morgan fingerprint density at radius 2 is 1.95 bits per heavy atom. The minimum absolute atomic E-state index is 0. The van der Waals surface area contributed by atoms with E-state index in [-0.39, 0.29) is 18.4 Å². The molecule has 2 N–H and O–H groups in total. The highest BCUT2D eigenvalue weighted by Crippen LogP contribution is 2.08. The van der Waals surface area contributed by atoms with Crippen LogP contribution in [0.5, 0.6) is 0 Å². The summed E-state index contributed by atoms with van der Waals surface area (Å²) in [7, 11) is -3.48. The van der Waals surface area contributed by atoms with Gasteiger partial charge in [-0.15, -0.1) is 12.4 Å². The van der Waals surface area contributed by atoms with Gasteiger partial charge in [0.15, 0.2) is 0 Å². The van der Waals surface area contributed by atoms with Gasteiger partial charge in [0.25, 0.3) is 0 Å². The van der Waals surface area contributed by atoms with Crippen molar-refractivity contribution in [3.8, 4) is 0 Å². The number of nitrogens with zero attached hydrogens (tertiary/aromatic N) is 1. The van der Waals surface area contributed by atoms with E-state index in [0.717, 1.165) is 19.4 Å². The third-order valence-electron chi connectivity index (χ3n) is 3.40. The first-order valence-corrected chi connectivity index (χ1v) is 8.50. The maximum absolute atomic E-state index is 12.0. The molecule has 1 saturated heterocycles. The molecule has 1 heterocycles. The summed E-state index contributed by atoms with van der Waals surface area (Å²) in [6, 6.07) is 0.439. The van der Waals surface area contributed by atoms with E-state index in [1.807, 2.05) is 0 Å². The van der Waals surface area contributed by atoms with Gasteiger partial charge in [-0.2, -0.15) is 0 Å². The molecule has 1 rings (SSSR count). The normalized spacial score (nSPS) is 23.2. The lowest BCUT2D eigenvalue weighted by Crippen LogP contribution is -2.48. The highest BCUT2D eigenvalue weighted by molar-refractivity contribution is 7.89. The van der Waals surface area contributed by atoms with Crippen LogP contribution in [-0.2, 0) is 14.8 Å². The van der Waals surface area contributed by atoms with Gasteiger partial charge in [-0.05, 0) is 26.3 Å². The molecule has 1 amide bonds. The lowest BCUT2D eigenvalue weighted by molar-refractivity contribution is -0.119. The molecule has 0 bridgehead atoms. The highest BCUT2D eigenvalue weighted by atomic mass is 35.5. The standard InChI is InChI=1S/C12H25N3O3S.ClH/c1-4-15(5-2)19(17,18)9-12(16)14-11-6-7-13-10(3)8-11;/h10-11,13H,4-9H2,1-3H3,(H,14,16);1H. The molecule has 0 aliphatic carbocycles. The van der Waals surface area contributed by atoms with Crippen molar-refractivity contribution in [1.29, 1.82) is 0 Å². The number of carbonyl (C=O) groups is 1. The molecule has 0 aromatic heterocycles. The summed E-state index contributed by atoms with van der Waals surface area (Å²) >= 11 is 0. The first-order valence-electron chi connectivity index (χ1n) is 6.89. The van der Waals surface area contributed by atoms with Gasteiger partial charge in [0, 0.05) is 25.2 Å². The summed E-state index contributed by atoms with van der Waals surface area (Å²) in [5, 5.41) is 6.12. The van der Waals surface area contributed by atoms with Crippen molar-refractivity contribution in [3.63, 3.8) is 0 Å². The lowest BCUT2D eigenvalue weighted by Gasteiger charge is -2.29. The molecule has 1 fully saturated rings. The van der Waals surface area contributed by atoms with Crippen LogP contribution in [-0.4, -0.2) is 56.1 Å². The Morgan fingerprint density at radius 1 is 1.35 bits per heavy atom. The Bertz CT molecular complexity index is 399. The van der Waals surface area contributed by atoms with Gasteiger partial charge in [-0.25, -0.2) is 12.7 Å². The number of nitrogens with one attached hydrogen (secondary N) is 2. The van der Waals surface area contributed by atoms with Crippen LogP contribution in [0.15, 0.2) is 0 Å². The van der Waals surface area contributed by atoms with Gasteiger partial charge in [0.05, 0.1) is 0 Å². The Morgan fingerprint density at radius 3 is 2.45 bits per heavy atom. The molecule has 2 unspecified atom stereocenters. The summed E-state index contributed by atoms with van der Waals surface area (Å²) in [4.78, 5) is 11.8. The number of piperidine rings is 1. The van der Waals surface area contributed by atoms with Crippen molar-refractivity contribution < 1.29 is 13.2 Å². The minimum atomic E-state index is -3.48. The van der Waals surface area contributed by atoms with Crippen LogP contribution < -0.4 is 10.6 Å². The van der Waals surface area contributed by atoms with Crippen molar-refractivity contribution >= 4 is 28.3 Å². The number of rotatable bonds is 6. The minimum Gasteiger partial charge on any atom is -0.352 e. The topological polar surface area (TPSA) is 78.5 Å². The van der Waals surface area contributed by atoms with E-state index < -0.39 is 21.7 Å². The second kappa shape index (κ2) is 8.81. The average molecular weight is 328 g/mol. The van der Waals surface area contributed by atoms with E-state index >= 15 is 0 Å².